The van der Waals surface area contributed by atoms with E-state index in [1.165, 1.54) is 11.1 Å². The first-order valence-electron chi connectivity index (χ1n) is 6.18. The molecule has 2 aromatic rings. The van der Waals surface area contributed by atoms with Crippen LogP contribution in [0.15, 0.2) is 60.7 Å². The summed E-state index contributed by atoms with van der Waals surface area (Å²) in [5, 5.41) is 4.37. The van der Waals surface area contributed by atoms with Gasteiger partial charge < -0.3 is 0 Å². The van der Waals surface area contributed by atoms with Gasteiger partial charge in [0, 0.05) is 19.0 Å². The maximum atomic E-state index is 4.37. The van der Waals surface area contributed by atoms with Gasteiger partial charge in [-0.05, 0) is 17.0 Å². The summed E-state index contributed by atoms with van der Waals surface area (Å²) >= 11 is 0. The molecular formula is C16H16N. The Balaban J connectivity index is 1.98. The maximum Gasteiger partial charge on any atom is 0.0183 e. The summed E-state index contributed by atoms with van der Waals surface area (Å²) < 4.78 is 0. The highest BCUT2D eigenvalue weighted by molar-refractivity contribution is 5.34. The van der Waals surface area contributed by atoms with E-state index in [0.29, 0.717) is 11.8 Å². The zero-order valence-corrected chi connectivity index (χ0v) is 9.79. The van der Waals surface area contributed by atoms with E-state index in [4.69, 9.17) is 0 Å². The van der Waals surface area contributed by atoms with Gasteiger partial charge in [-0.3, -0.25) is 0 Å². The van der Waals surface area contributed by atoms with E-state index in [1.807, 2.05) is 0 Å². The van der Waals surface area contributed by atoms with Crippen LogP contribution in [-0.2, 0) is 0 Å². The molecule has 0 spiro atoms. The van der Waals surface area contributed by atoms with Gasteiger partial charge in [0.15, 0.2) is 0 Å². The van der Waals surface area contributed by atoms with E-state index >= 15 is 0 Å². The molecule has 0 saturated carbocycles. The van der Waals surface area contributed by atoms with Gasteiger partial charge in [0.1, 0.15) is 0 Å². The molecule has 0 aliphatic carbocycles. The third-order valence-corrected chi connectivity index (χ3v) is 3.52. The van der Waals surface area contributed by atoms with Crippen molar-refractivity contribution in [3.05, 3.63) is 71.8 Å². The summed E-state index contributed by atoms with van der Waals surface area (Å²) in [6.07, 6.45) is 0. The molecule has 0 N–H and O–H groups in total. The molecule has 0 atom stereocenters. The summed E-state index contributed by atoms with van der Waals surface area (Å²) in [6.45, 7) is 2.02. The summed E-state index contributed by atoms with van der Waals surface area (Å²) in [6, 6.07) is 21.6. The largest absolute Gasteiger partial charge is 0.241 e. The molecule has 1 heteroatoms. The molecule has 1 aliphatic heterocycles. The van der Waals surface area contributed by atoms with E-state index in [1.54, 1.807) is 0 Å². The topological polar surface area (TPSA) is 14.1 Å². The summed E-state index contributed by atoms with van der Waals surface area (Å²) in [5.74, 6) is 1.19. The van der Waals surface area contributed by atoms with Gasteiger partial charge in [0.2, 0.25) is 0 Å². The van der Waals surface area contributed by atoms with Crippen LogP contribution < -0.4 is 5.32 Å². The fourth-order valence-electron chi connectivity index (χ4n) is 2.55. The second-order valence-corrected chi connectivity index (χ2v) is 4.65. The Kier molecular flexibility index (Phi) is 2.93. The molecule has 1 fully saturated rings. The lowest BCUT2D eigenvalue weighted by molar-refractivity contribution is 0.307. The molecular weight excluding hydrogens is 206 g/mol. The van der Waals surface area contributed by atoms with Crippen molar-refractivity contribution in [3.63, 3.8) is 0 Å². The molecule has 85 valence electrons. The SMILES string of the molecule is c1ccc(C(c2ccccc2)C2C[N]C2)cc1. The Morgan fingerprint density at radius 1 is 0.765 bits per heavy atom. The number of hydrogen-bond acceptors (Lipinski definition) is 0. The highest BCUT2D eigenvalue weighted by Gasteiger charge is 2.30. The monoisotopic (exact) mass is 222 g/mol. The molecule has 0 aromatic heterocycles. The van der Waals surface area contributed by atoms with Crippen molar-refractivity contribution in [3.8, 4) is 0 Å². The van der Waals surface area contributed by atoms with Crippen LogP contribution >= 0.6 is 0 Å². The van der Waals surface area contributed by atoms with Crippen molar-refractivity contribution in [2.45, 2.75) is 5.92 Å². The Morgan fingerprint density at radius 2 is 1.24 bits per heavy atom. The zero-order valence-electron chi connectivity index (χ0n) is 9.79. The van der Waals surface area contributed by atoms with Gasteiger partial charge in [0.05, 0.1) is 0 Å². The smallest absolute Gasteiger partial charge is 0.0183 e. The van der Waals surface area contributed by atoms with E-state index in [2.05, 4.69) is 66.0 Å². The van der Waals surface area contributed by atoms with Crippen LogP contribution in [0.3, 0.4) is 0 Å². The summed E-state index contributed by atoms with van der Waals surface area (Å²) in [7, 11) is 0. The predicted molar refractivity (Wildman–Crippen MR) is 70.1 cm³/mol. The van der Waals surface area contributed by atoms with E-state index in [9.17, 15) is 0 Å². The van der Waals surface area contributed by atoms with Crippen LogP contribution in [0.4, 0.5) is 0 Å². The van der Waals surface area contributed by atoms with Crippen LogP contribution in [0, 0.1) is 5.92 Å². The zero-order chi connectivity index (χ0) is 11.5. The fourth-order valence-corrected chi connectivity index (χ4v) is 2.55. The van der Waals surface area contributed by atoms with Gasteiger partial charge >= 0.3 is 0 Å². The molecule has 1 aliphatic rings. The number of rotatable bonds is 3. The lowest BCUT2D eigenvalue weighted by atomic mass is 9.78. The Hall–Kier alpha value is -1.60. The normalized spacial score (nSPS) is 15.8. The van der Waals surface area contributed by atoms with Crippen LogP contribution in [0.5, 0.6) is 0 Å². The molecule has 0 amide bonds. The van der Waals surface area contributed by atoms with Gasteiger partial charge in [-0.1, -0.05) is 60.7 Å². The Labute approximate surface area is 102 Å². The van der Waals surface area contributed by atoms with Gasteiger partial charge in [-0.25, -0.2) is 5.32 Å². The molecule has 3 rings (SSSR count). The second kappa shape index (κ2) is 4.72. The van der Waals surface area contributed by atoms with Crippen molar-refractivity contribution >= 4 is 0 Å². The van der Waals surface area contributed by atoms with Crippen LogP contribution in [0.1, 0.15) is 17.0 Å². The van der Waals surface area contributed by atoms with Crippen molar-refractivity contribution in [2.75, 3.05) is 13.1 Å². The number of nitrogens with zero attached hydrogens (tertiary/aromatic N) is 1. The molecule has 1 radical (unpaired) electrons. The predicted octanol–water partition coefficient (Wildman–Crippen LogP) is 3.05. The van der Waals surface area contributed by atoms with E-state index in [-0.39, 0.29) is 0 Å². The molecule has 1 heterocycles. The standard InChI is InChI=1S/C16H16N/c1-3-7-13(8-4-1)16(15-11-17-12-15)14-9-5-2-6-10-14/h1-10,15-16H,11-12H2. The maximum absolute atomic E-state index is 4.37. The average molecular weight is 222 g/mol. The van der Waals surface area contributed by atoms with Gasteiger partial charge in [-0.2, -0.15) is 0 Å². The highest BCUT2D eigenvalue weighted by Crippen LogP contribution is 2.34. The molecule has 17 heavy (non-hydrogen) atoms. The molecule has 2 aromatic carbocycles. The van der Waals surface area contributed by atoms with Gasteiger partial charge in [-0.15, -0.1) is 0 Å². The van der Waals surface area contributed by atoms with Crippen LogP contribution in [0.2, 0.25) is 0 Å². The third-order valence-electron chi connectivity index (χ3n) is 3.52. The minimum absolute atomic E-state index is 0.509. The minimum atomic E-state index is 0.509. The lowest BCUT2D eigenvalue weighted by Gasteiger charge is -2.34. The van der Waals surface area contributed by atoms with E-state index < -0.39 is 0 Å². The lowest BCUT2D eigenvalue weighted by Crippen LogP contribution is -2.40. The van der Waals surface area contributed by atoms with Crippen molar-refractivity contribution in [1.29, 1.82) is 0 Å². The van der Waals surface area contributed by atoms with Gasteiger partial charge in [0.25, 0.3) is 0 Å². The highest BCUT2D eigenvalue weighted by atomic mass is 15.0. The van der Waals surface area contributed by atoms with Crippen molar-refractivity contribution in [1.82, 2.24) is 5.32 Å². The van der Waals surface area contributed by atoms with Crippen molar-refractivity contribution in [2.24, 2.45) is 5.92 Å². The Bertz CT molecular complexity index is 420. The minimum Gasteiger partial charge on any atom is -0.241 e. The first-order valence-corrected chi connectivity index (χ1v) is 6.18. The molecule has 1 saturated heterocycles. The molecule has 0 bridgehead atoms. The number of benzene rings is 2. The quantitative estimate of drug-likeness (QED) is 0.758. The second-order valence-electron chi connectivity index (χ2n) is 4.65. The first-order chi connectivity index (χ1) is 8.45. The first kappa shape index (κ1) is 10.5. The fraction of sp³-hybridized carbons (Fsp3) is 0.250. The summed E-state index contributed by atoms with van der Waals surface area (Å²) in [4.78, 5) is 0. The van der Waals surface area contributed by atoms with Crippen LogP contribution in [-0.4, -0.2) is 13.1 Å². The number of hydrogen-bond donors (Lipinski definition) is 0. The van der Waals surface area contributed by atoms with Crippen LogP contribution in [0.25, 0.3) is 0 Å². The third kappa shape index (κ3) is 2.11. The molecule has 1 nitrogen and oxygen atoms in total. The molecule has 0 unspecified atom stereocenters. The summed E-state index contributed by atoms with van der Waals surface area (Å²) in [5.41, 5.74) is 2.83. The average Bonchev–Trinajstić information content (AvgIpc) is 2.36. The van der Waals surface area contributed by atoms with E-state index in [0.717, 1.165) is 13.1 Å². The van der Waals surface area contributed by atoms with Crippen molar-refractivity contribution < 1.29 is 0 Å². The Morgan fingerprint density at radius 3 is 1.59 bits per heavy atom.